The van der Waals surface area contributed by atoms with E-state index in [2.05, 4.69) is 32.5 Å². The third-order valence-corrected chi connectivity index (χ3v) is 4.12. The third kappa shape index (κ3) is 4.53. The normalized spacial score (nSPS) is 19.0. The number of nitrogens with zero attached hydrogens (tertiary/aromatic N) is 3. The van der Waals surface area contributed by atoms with Gasteiger partial charge in [0.15, 0.2) is 0 Å². The van der Waals surface area contributed by atoms with Gasteiger partial charge in [0, 0.05) is 38.9 Å². The van der Waals surface area contributed by atoms with Crippen molar-refractivity contribution in [2.75, 3.05) is 32.1 Å². The first-order valence-electron chi connectivity index (χ1n) is 8.12. The Balaban J connectivity index is 1.50. The summed E-state index contributed by atoms with van der Waals surface area (Å²) in [6.45, 7) is 5.42. The lowest BCUT2D eigenvalue weighted by Crippen LogP contribution is -2.42. The lowest BCUT2D eigenvalue weighted by molar-refractivity contribution is -0.0351. The third-order valence-electron chi connectivity index (χ3n) is 4.12. The van der Waals surface area contributed by atoms with Gasteiger partial charge in [0.05, 0.1) is 18.4 Å². The van der Waals surface area contributed by atoms with Crippen LogP contribution >= 0.6 is 0 Å². The van der Waals surface area contributed by atoms with Crippen LogP contribution < -0.4 is 5.32 Å². The van der Waals surface area contributed by atoms with Crippen LogP contribution in [0.15, 0.2) is 28.9 Å². The van der Waals surface area contributed by atoms with Gasteiger partial charge in [0.1, 0.15) is 11.6 Å². The Hall–Kier alpha value is -1.92. The van der Waals surface area contributed by atoms with Gasteiger partial charge < -0.3 is 14.6 Å². The fourth-order valence-corrected chi connectivity index (χ4v) is 2.91. The largest absolute Gasteiger partial charge is 0.376 e. The number of aromatic nitrogens is 2. The van der Waals surface area contributed by atoms with Gasteiger partial charge in [-0.15, -0.1) is 0 Å². The van der Waals surface area contributed by atoms with Gasteiger partial charge in [-0.1, -0.05) is 5.16 Å². The molecule has 3 heterocycles. The molecule has 1 unspecified atom stereocenters. The Kier molecular flexibility index (Phi) is 5.25. The summed E-state index contributed by atoms with van der Waals surface area (Å²) in [6.07, 6.45) is 4.13. The maximum atomic E-state index is 5.91. The number of hydrogen-bond donors (Lipinski definition) is 1. The van der Waals surface area contributed by atoms with Gasteiger partial charge in [0.2, 0.25) is 0 Å². The van der Waals surface area contributed by atoms with E-state index < -0.39 is 0 Å². The molecule has 2 aromatic rings. The second-order valence-corrected chi connectivity index (χ2v) is 5.99. The highest BCUT2D eigenvalue weighted by Gasteiger charge is 2.21. The SMILES string of the molecule is CNc1cc(CCC2CN(Cc3cc(C)on3)CCO2)ccn1. The minimum Gasteiger partial charge on any atom is -0.376 e. The molecule has 1 aliphatic rings. The monoisotopic (exact) mass is 316 g/mol. The minimum absolute atomic E-state index is 0.267. The average molecular weight is 316 g/mol. The van der Waals surface area contributed by atoms with Gasteiger partial charge in [-0.05, 0) is 37.5 Å². The van der Waals surface area contributed by atoms with Crippen molar-refractivity contribution in [3.8, 4) is 0 Å². The topological polar surface area (TPSA) is 63.4 Å². The quantitative estimate of drug-likeness (QED) is 0.882. The Morgan fingerprint density at radius 3 is 3.09 bits per heavy atom. The Labute approximate surface area is 136 Å². The first-order valence-corrected chi connectivity index (χ1v) is 8.12. The lowest BCUT2D eigenvalue weighted by atomic mass is 10.1. The predicted molar refractivity (Wildman–Crippen MR) is 88.4 cm³/mol. The maximum absolute atomic E-state index is 5.91. The van der Waals surface area contributed by atoms with Gasteiger partial charge >= 0.3 is 0 Å². The number of anilines is 1. The lowest BCUT2D eigenvalue weighted by Gasteiger charge is -2.32. The van der Waals surface area contributed by atoms with Crippen LogP contribution in [0.2, 0.25) is 0 Å². The molecule has 23 heavy (non-hydrogen) atoms. The van der Waals surface area contributed by atoms with E-state index in [1.54, 1.807) is 0 Å². The van der Waals surface area contributed by atoms with Crippen molar-refractivity contribution in [3.05, 3.63) is 41.4 Å². The van der Waals surface area contributed by atoms with E-state index >= 15 is 0 Å². The van der Waals surface area contributed by atoms with Crippen LogP contribution in [-0.2, 0) is 17.7 Å². The second-order valence-electron chi connectivity index (χ2n) is 5.99. The molecule has 6 nitrogen and oxygen atoms in total. The van der Waals surface area contributed by atoms with E-state index in [1.165, 1.54) is 5.56 Å². The summed E-state index contributed by atoms with van der Waals surface area (Å²) in [5.41, 5.74) is 2.29. The van der Waals surface area contributed by atoms with Crippen molar-refractivity contribution in [3.63, 3.8) is 0 Å². The number of pyridine rings is 1. The fraction of sp³-hybridized carbons (Fsp3) is 0.529. The zero-order valence-electron chi connectivity index (χ0n) is 13.8. The van der Waals surface area contributed by atoms with E-state index in [4.69, 9.17) is 9.26 Å². The van der Waals surface area contributed by atoms with Crippen LogP contribution in [-0.4, -0.2) is 47.9 Å². The summed E-state index contributed by atoms with van der Waals surface area (Å²) >= 11 is 0. The summed E-state index contributed by atoms with van der Waals surface area (Å²) in [6, 6.07) is 6.17. The number of ether oxygens (including phenoxy) is 1. The molecule has 0 saturated carbocycles. The van der Waals surface area contributed by atoms with Gasteiger partial charge in [-0.25, -0.2) is 4.98 Å². The molecule has 124 valence electrons. The molecule has 0 bridgehead atoms. The molecule has 0 aromatic carbocycles. The van der Waals surface area contributed by atoms with Crippen molar-refractivity contribution < 1.29 is 9.26 Å². The van der Waals surface area contributed by atoms with E-state index in [-0.39, 0.29) is 6.10 Å². The smallest absolute Gasteiger partial charge is 0.133 e. The summed E-state index contributed by atoms with van der Waals surface area (Å²) in [4.78, 5) is 6.63. The van der Waals surface area contributed by atoms with Gasteiger partial charge in [0.25, 0.3) is 0 Å². The zero-order valence-corrected chi connectivity index (χ0v) is 13.8. The van der Waals surface area contributed by atoms with Gasteiger partial charge in [-0.2, -0.15) is 0 Å². The minimum atomic E-state index is 0.267. The van der Waals surface area contributed by atoms with Crippen LogP contribution in [0.5, 0.6) is 0 Å². The molecular formula is C17H24N4O2. The van der Waals surface area contributed by atoms with Crippen LogP contribution in [0.25, 0.3) is 0 Å². The highest BCUT2D eigenvalue weighted by atomic mass is 16.5. The summed E-state index contributed by atoms with van der Waals surface area (Å²) in [7, 11) is 1.89. The molecule has 3 rings (SSSR count). The molecule has 2 aromatic heterocycles. The van der Waals surface area contributed by atoms with E-state index in [0.29, 0.717) is 0 Å². The molecule has 1 atom stereocenters. The number of rotatable bonds is 6. The number of hydrogen-bond acceptors (Lipinski definition) is 6. The van der Waals surface area contributed by atoms with Crippen molar-refractivity contribution in [1.29, 1.82) is 0 Å². The highest BCUT2D eigenvalue weighted by molar-refractivity contribution is 5.36. The van der Waals surface area contributed by atoms with E-state index in [1.807, 2.05) is 26.2 Å². The standard InChI is InChI=1S/C17H24N4O2/c1-13-9-15(20-23-13)11-21-7-8-22-16(12-21)4-3-14-5-6-19-17(10-14)18-2/h5-6,9-10,16H,3-4,7-8,11-12H2,1-2H3,(H,18,19). The number of nitrogens with one attached hydrogen (secondary N) is 1. The van der Waals surface area contributed by atoms with Crippen LogP contribution in [0, 0.1) is 6.92 Å². The first-order chi connectivity index (χ1) is 11.2. The van der Waals surface area contributed by atoms with E-state index in [9.17, 15) is 0 Å². The molecule has 6 heteroatoms. The van der Waals surface area contributed by atoms with Crippen molar-refractivity contribution in [1.82, 2.24) is 15.0 Å². The Morgan fingerprint density at radius 2 is 2.30 bits per heavy atom. The first kappa shape index (κ1) is 16.0. The Morgan fingerprint density at radius 1 is 1.39 bits per heavy atom. The number of morpholine rings is 1. The number of aryl methyl sites for hydroxylation is 2. The molecule has 0 aliphatic carbocycles. The molecule has 1 fully saturated rings. The van der Waals surface area contributed by atoms with Crippen LogP contribution in [0.4, 0.5) is 5.82 Å². The van der Waals surface area contributed by atoms with Crippen molar-refractivity contribution in [2.24, 2.45) is 0 Å². The fourth-order valence-electron chi connectivity index (χ4n) is 2.91. The Bertz CT molecular complexity index is 629. The summed E-state index contributed by atoms with van der Waals surface area (Å²) < 4.78 is 11.1. The summed E-state index contributed by atoms with van der Waals surface area (Å²) in [5, 5.41) is 7.15. The highest BCUT2D eigenvalue weighted by Crippen LogP contribution is 2.16. The molecule has 0 amide bonds. The average Bonchev–Trinajstić information content (AvgIpc) is 2.98. The summed E-state index contributed by atoms with van der Waals surface area (Å²) in [5.74, 6) is 1.78. The molecule has 0 spiro atoms. The molecule has 1 aliphatic heterocycles. The van der Waals surface area contributed by atoms with Crippen LogP contribution in [0.3, 0.4) is 0 Å². The van der Waals surface area contributed by atoms with Gasteiger partial charge in [-0.3, -0.25) is 4.90 Å². The molecular weight excluding hydrogens is 292 g/mol. The van der Waals surface area contributed by atoms with Crippen molar-refractivity contribution >= 4 is 5.82 Å². The van der Waals surface area contributed by atoms with E-state index in [0.717, 1.165) is 56.4 Å². The zero-order chi connectivity index (χ0) is 16.1. The second kappa shape index (κ2) is 7.57. The van der Waals surface area contributed by atoms with Crippen molar-refractivity contribution in [2.45, 2.75) is 32.4 Å². The molecule has 0 radical (unpaired) electrons. The predicted octanol–water partition coefficient (Wildman–Crippen LogP) is 2.25. The molecule has 1 saturated heterocycles. The molecule has 1 N–H and O–H groups in total. The van der Waals surface area contributed by atoms with Crippen LogP contribution in [0.1, 0.15) is 23.4 Å². The maximum Gasteiger partial charge on any atom is 0.133 e.